The van der Waals surface area contributed by atoms with Gasteiger partial charge in [-0.15, -0.1) is 0 Å². The molecule has 4 N–H and O–H groups in total. The minimum Gasteiger partial charge on any atom is -0.481 e. The highest BCUT2D eigenvalue weighted by Crippen LogP contribution is 2.11. The third kappa shape index (κ3) is 4.78. The molecule has 0 bridgehead atoms. The van der Waals surface area contributed by atoms with E-state index in [1.54, 1.807) is 0 Å². The molecule has 6 nitrogen and oxygen atoms in total. The van der Waals surface area contributed by atoms with Crippen LogP contribution < -0.4 is 5.73 Å². The van der Waals surface area contributed by atoms with Gasteiger partial charge in [0.15, 0.2) is 0 Å². The van der Waals surface area contributed by atoms with Crippen molar-refractivity contribution in [2.45, 2.75) is 18.9 Å². The molecule has 0 aromatic heterocycles. The van der Waals surface area contributed by atoms with E-state index in [4.69, 9.17) is 20.7 Å². The number of nitrogens with two attached hydrogens (primary N) is 1. The third-order valence-corrected chi connectivity index (χ3v) is 1.88. The Morgan fingerprint density at radius 2 is 1.93 bits per heavy atom. The van der Waals surface area contributed by atoms with Crippen molar-refractivity contribution in [1.29, 1.82) is 0 Å². The molecule has 2 atom stereocenters. The van der Waals surface area contributed by atoms with E-state index in [1.807, 2.05) is 0 Å². The summed E-state index contributed by atoms with van der Waals surface area (Å²) < 4.78 is 4.71. The summed E-state index contributed by atoms with van der Waals surface area (Å²) in [5.74, 6) is -2.99. The van der Waals surface area contributed by atoms with Crippen molar-refractivity contribution in [2.75, 3.05) is 13.7 Å². The number of carboxylic acid groups (broad SMARTS) is 2. The molecule has 0 radical (unpaired) electrons. The second kappa shape index (κ2) is 6.33. The highest BCUT2D eigenvalue weighted by molar-refractivity contribution is 5.75. The Labute approximate surface area is 81.7 Å². The van der Waals surface area contributed by atoms with Gasteiger partial charge in [0.25, 0.3) is 0 Å². The summed E-state index contributed by atoms with van der Waals surface area (Å²) in [5.41, 5.74) is 5.22. The molecule has 14 heavy (non-hydrogen) atoms. The third-order valence-electron chi connectivity index (χ3n) is 1.88. The van der Waals surface area contributed by atoms with Crippen molar-refractivity contribution in [3.63, 3.8) is 0 Å². The number of ether oxygens (including phenoxy) is 1. The fourth-order valence-corrected chi connectivity index (χ4v) is 1.01. The summed E-state index contributed by atoms with van der Waals surface area (Å²) in [7, 11) is 1.45. The quantitative estimate of drug-likeness (QED) is 0.518. The zero-order valence-electron chi connectivity index (χ0n) is 7.97. The second-order valence-electron chi connectivity index (χ2n) is 3.00. The summed E-state index contributed by atoms with van der Waals surface area (Å²) in [6, 6.07) is -1.13. The highest BCUT2D eigenvalue weighted by Gasteiger charge is 2.23. The molecule has 0 aliphatic carbocycles. The zero-order chi connectivity index (χ0) is 11.1. The van der Waals surface area contributed by atoms with Gasteiger partial charge in [-0.25, -0.2) is 0 Å². The first-order chi connectivity index (χ1) is 6.49. The second-order valence-corrected chi connectivity index (χ2v) is 3.00. The van der Waals surface area contributed by atoms with Gasteiger partial charge in [0.1, 0.15) is 6.04 Å². The molecule has 0 aromatic carbocycles. The summed E-state index contributed by atoms with van der Waals surface area (Å²) in [6.45, 7) is 0.281. The molecule has 0 saturated carbocycles. The molecule has 0 spiro atoms. The van der Waals surface area contributed by atoms with E-state index in [1.165, 1.54) is 7.11 Å². The Kier molecular flexibility index (Phi) is 5.82. The summed E-state index contributed by atoms with van der Waals surface area (Å²) in [5, 5.41) is 17.2. The van der Waals surface area contributed by atoms with Crippen molar-refractivity contribution < 1.29 is 24.5 Å². The molecular weight excluding hydrogens is 190 g/mol. The lowest BCUT2D eigenvalue weighted by Crippen LogP contribution is -2.34. The average molecular weight is 205 g/mol. The number of hydrogen-bond donors (Lipinski definition) is 3. The first-order valence-corrected chi connectivity index (χ1v) is 4.19. The van der Waals surface area contributed by atoms with Crippen LogP contribution in [0.25, 0.3) is 0 Å². The van der Waals surface area contributed by atoms with E-state index in [2.05, 4.69) is 0 Å². The van der Waals surface area contributed by atoms with Crippen LogP contribution >= 0.6 is 0 Å². The largest absolute Gasteiger partial charge is 0.481 e. The monoisotopic (exact) mass is 205 g/mol. The van der Waals surface area contributed by atoms with Crippen molar-refractivity contribution in [2.24, 2.45) is 11.7 Å². The lowest BCUT2D eigenvalue weighted by Gasteiger charge is -2.13. The van der Waals surface area contributed by atoms with Crippen molar-refractivity contribution in [3.8, 4) is 0 Å². The maximum absolute atomic E-state index is 10.7. The van der Waals surface area contributed by atoms with Gasteiger partial charge in [0.2, 0.25) is 0 Å². The van der Waals surface area contributed by atoms with E-state index in [0.717, 1.165) is 0 Å². The predicted molar refractivity (Wildman–Crippen MR) is 47.8 cm³/mol. The lowest BCUT2D eigenvalue weighted by atomic mass is 9.97. The maximum Gasteiger partial charge on any atom is 0.320 e. The number of rotatable bonds is 7. The van der Waals surface area contributed by atoms with E-state index >= 15 is 0 Å². The van der Waals surface area contributed by atoms with Gasteiger partial charge in [0.05, 0.1) is 5.92 Å². The number of hydrogen-bond acceptors (Lipinski definition) is 4. The van der Waals surface area contributed by atoms with E-state index < -0.39 is 23.9 Å². The van der Waals surface area contributed by atoms with Crippen molar-refractivity contribution in [3.05, 3.63) is 0 Å². The molecular formula is C8H15NO5. The van der Waals surface area contributed by atoms with E-state index in [0.29, 0.717) is 0 Å². The molecule has 1 unspecified atom stereocenters. The van der Waals surface area contributed by atoms with Crippen LogP contribution in [0.5, 0.6) is 0 Å². The van der Waals surface area contributed by atoms with Gasteiger partial charge in [-0.2, -0.15) is 0 Å². The topological polar surface area (TPSA) is 110 Å². The van der Waals surface area contributed by atoms with Gasteiger partial charge in [0, 0.05) is 13.7 Å². The molecule has 6 heteroatoms. The Bertz CT molecular complexity index is 206. The minimum atomic E-state index is -1.19. The first-order valence-electron chi connectivity index (χ1n) is 4.19. The van der Waals surface area contributed by atoms with Crippen LogP contribution in [0, 0.1) is 5.92 Å². The van der Waals surface area contributed by atoms with Crippen molar-refractivity contribution in [1.82, 2.24) is 0 Å². The number of carbonyl (C=O) groups is 2. The molecule has 0 fully saturated rings. The maximum atomic E-state index is 10.7. The van der Waals surface area contributed by atoms with E-state index in [-0.39, 0.29) is 19.4 Å². The zero-order valence-corrected chi connectivity index (χ0v) is 7.97. The van der Waals surface area contributed by atoms with Crippen LogP contribution in [0.4, 0.5) is 0 Å². The van der Waals surface area contributed by atoms with Gasteiger partial charge < -0.3 is 20.7 Å². The molecule has 82 valence electrons. The normalized spacial score (nSPS) is 14.7. The summed E-state index contributed by atoms with van der Waals surface area (Å²) in [6.07, 6.45) is 0.195. The van der Waals surface area contributed by atoms with Gasteiger partial charge in [-0.3, -0.25) is 9.59 Å². The fourth-order valence-electron chi connectivity index (χ4n) is 1.01. The number of aliphatic carboxylic acids is 2. The molecule has 0 aromatic rings. The molecule has 0 heterocycles. The van der Waals surface area contributed by atoms with Gasteiger partial charge in [-0.05, 0) is 12.8 Å². The molecule has 0 saturated heterocycles. The molecule has 0 amide bonds. The standard InChI is InChI=1S/C8H15NO5/c1-14-3-2-5(7(10)11)4-6(9)8(12)13/h5-6H,2-4,9H2,1H3,(H,10,11)(H,12,13)/t5?,6-/m1/s1. The number of methoxy groups -OCH3 is 1. The van der Waals surface area contributed by atoms with Crippen LogP contribution in [-0.2, 0) is 14.3 Å². The Balaban J connectivity index is 4.08. The highest BCUT2D eigenvalue weighted by atomic mass is 16.5. The van der Waals surface area contributed by atoms with Gasteiger partial charge in [-0.1, -0.05) is 0 Å². The smallest absolute Gasteiger partial charge is 0.320 e. The van der Waals surface area contributed by atoms with Crippen molar-refractivity contribution >= 4 is 11.9 Å². The van der Waals surface area contributed by atoms with Crippen LogP contribution in [0.15, 0.2) is 0 Å². The van der Waals surface area contributed by atoms with Gasteiger partial charge >= 0.3 is 11.9 Å². The predicted octanol–water partition coefficient (Wildman–Crippen LogP) is -0.474. The Morgan fingerprint density at radius 3 is 2.29 bits per heavy atom. The van der Waals surface area contributed by atoms with E-state index in [9.17, 15) is 9.59 Å². The SMILES string of the molecule is COCCC(C[C@@H](N)C(=O)O)C(=O)O. The summed E-state index contributed by atoms with van der Waals surface area (Å²) >= 11 is 0. The van der Waals surface area contributed by atoms with Crippen LogP contribution in [0.2, 0.25) is 0 Å². The lowest BCUT2D eigenvalue weighted by molar-refractivity contribution is -0.144. The molecule has 0 rings (SSSR count). The average Bonchev–Trinajstić information content (AvgIpc) is 2.10. The van der Waals surface area contributed by atoms with Crippen LogP contribution in [-0.4, -0.2) is 41.9 Å². The number of carboxylic acids is 2. The Morgan fingerprint density at radius 1 is 1.36 bits per heavy atom. The summed E-state index contributed by atoms with van der Waals surface area (Å²) in [4.78, 5) is 21.0. The van der Waals surface area contributed by atoms with Crippen LogP contribution in [0.1, 0.15) is 12.8 Å². The molecule has 0 aliphatic heterocycles. The minimum absolute atomic E-state index is 0.0754. The first kappa shape index (κ1) is 12.9. The van der Waals surface area contributed by atoms with Crippen LogP contribution in [0.3, 0.4) is 0 Å². The fraction of sp³-hybridized carbons (Fsp3) is 0.750. The Hall–Kier alpha value is -1.14. The molecule has 0 aliphatic rings.